The van der Waals surface area contributed by atoms with Crippen LogP contribution < -0.4 is 4.90 Å². The molecule has 4 heteroatoms. The molecular weight excluding hydrogens is 318 g/mol. The van der Waals surface area contributed by atoms with Crippen LogP contribution in [-0.4, -0.2) is 17.6 Å². The maximum atomic E-state index is 12.6. The highest BCUT2D eigenvalue weighted by atomic mass is 79.9. The third-order valence-electron chi connectivity index (χ3n) is 3.55. The van der Waals surface area contributed by atoms with Crippen molar-refractivity contribution in [3.05, 3.63) is 58.1 Å². The van der Waals surface area contributed by atoms with Crippen LogP contribution in [0.2, 0.25) is 0 Å². The molecule has 1 aliphatic rings. The Bertz CT molecular complexity index is 669. The van der Waals surface area contributed by atoms with Gasteiger partial charge in [0.25, 0.3) is 5.91 Å². The summed E-state index contributed by atoms with van der Waals surface area (Å²) < 4.78 is 0.755. The average molecular weight is 332 g/mol. The van der Waals surface area contributed by atoms with Gasteiger partial charge >= 0.3 is 0 Å². The van der Waals surface area contributed by atoms with E-state index in [2.05, 4.69) is 22.0 Å². The smallest absolute Gasteiger partial charge is 0.262 e. The summed E-state index contributed by atoms with van der Waals surface area (Å²) in [6, 6.07) is 12.9. The molecule has 2 aromatic rings. The molecule has 1 heterocycles. The number of nitrogens with zero attached hydrogens (tertiary/aromatic N) is 1. The lowest BCUT2D eigenvalue weighted by Gasteiger charge is -2.29. The van der Waals surface area contributed by atoms with E-state index in [1.54, 1.807) is 23.1 Å². The minimum absolute atomic E-state index is 0.00688. The van der Waals surface area contributed by atoms with Crippen molar-refractivity contribution >= 4 is 27.5 Å². The van der Waals surface area contributed by atoms with Crippen molar-refractivity contribution < 1.29 is 9.90 Å². The molecule has 3 rings (SSSR count). The summed E-state index contributed by atoms with van der Waals surface area (Å²) >= 11 is 3.28. The lowest BCUT2D eigenvalue weighted by Crippen LogP contribution is -2.35. The van der Waals surface area contributed by atoms with Crippen molar-refractivity contribution in [3.8, 4) is 5.75 Å². The Kier molecular flexibility index (Phi) is 3.49. The van der Waals surface area contributed by atoms with Crippen molar-refractivity contribution in [3.63, 3.8) is 0 Å². The van der Waals surface area contributed by atoms with Gasteiger partial charge in [-0.2, -0.15) is 0 Å². The van der Waals surface area contributed by atoms with Crippen molar-refractivity contribution in [2.75, 3.05) is 11.4 Å². The minimum atomic E-state index is -0.151. The molecule has 0 saturated heterocycles. The summed E-state index contributed by atoms with van der Waals surface area (Å²) in [5, 5.41) is 9.96. The molecule has 1 amide bonds. The van der Waals surface area contributed by atoms with Crippen LogP contribution >= 0.6 is 15.9 Å². The van der Waals surface area contributed by atoms with Gasteiger partial charge in [0.1, 0.15) is 5.75 Å². The van der Waals surface area contributed by atoms with Crippen molar-refractivity contribution in [2.24, 2.45) is 0 Å². The molecule has 0 fully saturated rings. The van der Waals surface area contributed by atoms with Gasteiger partial charge in [0.2, 0.25) is 0 Å². The quantitative estimate of drug-likeness (QED) is 0.864. The monoisotopic (exact) mass is 331 g/mol. The molecule has 102 valence electrons. The van der Waals surface area contributed by atoms with Gasteiger partial charge in [-0.05, 0) is 42.7 Å². The van der Waals surface area contributed by atoms with Crippen LogP contribution in [0.3, 0.4) is 0 Å². The third kappa shape index (κ3) is 2.31. The number of hydrogen-bond donors (Lipinski definition) is 1. The molecule has 1 N–H and O–H groups in total. The van der Waals surface area contributed by atoms with Gasteiger partial charge in [-0.1, -0.05) is 34.1 Å². The molecule has 2 aromatic carbocycles. The molecule has 0 bridgehead atoms. The second-order valence-corrected chi connectivity index (χ2v) is 5.77. The number of hydrogen-bond acceptors (Lipinski definition) is 2. The van der Waals surface area contributed by atoms with E-state index in [1.807, 2.05) is 18.2 Å². The Balaban J connectivity index is 2.00. The van der Waals surface area contributed by atoms with Crippen LogP contribution in [-0.2, 0) is 6.42 Å². The van der Waals surface area contributed by atoms with Gasteiger partial charge in [-0.15, -0.1) is 0 Å². The molecule has 0 saturated carbocycles. The normalized spacial score (nSPS) is 13.9. The first-order valence-corrected chi connectivity index (χ1v) is 7.34. The van der Waals surface area contributed by atoms with Gasteiger partial charge in [0.05, 0.1) is 5.56 Å². The molecule has 0 aliphatic carbocycles. The number of phenols is 1. The van der Waals surface area contributed by atoms with E-state index in [9.17, 15) is 9.90 Å². The molecule has 3 nitrogen and oxygen atoms in total. The van der Waals surface area contributed by atoms with Crippen LogP contribution in [0.4, 0.5) is 5.69 Å². The number of aryl methyl sites for hydroxylation is 1. The van der Waals surface area contributed by atoms with Crippen LogP contribution in [0.5, 0.6) is 5.75 Å². The Morgan fingerprint density at radius 3 is 2.80 bits per heavy atom. The SMILES string of the molecule is O=C(c1ccc(Br)cc1O)N1CCCc2ccccc21. The number of halogens is 1. The number of benzene rings is 2. The highest BCUT2D eigenvalue weighted by Gasteiger charge is 2.24. The summed E-state index contributed by atoms with van der Waals surface area (Å²) in [5.74, 6) is -0.144. The molecule has 0 aromatic heterocycles. The van der Waals surface area contributed by atoms with Crippen LogP contribution in [0, 0.1) is 0 Å². The molecule has 20 heavy (non-hydrogen) atoms. The molecule has 0 spiro atoms. The standard InChI is InChI=1S/C16H14BrNO2/c17-12-7-8-13(15(19)10-12)16(20)18-9-3-5-11-4-1-2-6-14(11)18/h1-2,4,6-8,10,19H,3,5,9H2. The van der Waals surface area contributed by atoms with Crippen LogP contribution in [0.15, 0.2) is 46.9 Å². The lowest BCUT2D eigenvalue weighted by atomic mass is 10.0. The Hall–Kier alpha value is -1.81. The van der Waals surface area contributed by atoms with Gasteiger partial charge in [-0.3, -0.25) is 4.79 Å². The van der Waals surface area contributed by atoms with Crippen LogP contribution in [0.1, 0.15) is 22.3 Å². The van der Waals surface area contributed by atoms with E-state index in [0.29, 0.717) is 12.1 Å². The Morgan fingerprint density at radius 1 is 1.20 bits per heavy atom. The number of phenolic OH excluding ortho intramolecular Hbond substituents is 1. The van der Waals surface area contributed by atoms with Gasteiger partial charge < -0.3 is 10.0 Å². The molecule has 0 atom stereocenters. The lowest BCUT2D eigenvalue weighted by molar-refractivity contribution is 0.0982. The molecule has 0 radical (unpaired) electrons. The molecular formula is C16H14BrNO2. The van der Waals surface area contributed by atoms with E-state index in [4.69, 9.17) is 0 Å². The summed E-state index contributed by atoms with van der Waals surface area (Å²) in [6.45, 7) is 0.686. The fraction of sp³-hybridized carbons (Fsp3) is 0.188. The van der Waals surface area contributed by atoms with Gasteiger partial charge in [0.15, 0.2) is 0 Å². The fourth-order valence-corrected chi connectivity index (χ4v) is 2.92. The number of aromatic hydroxyl groups is 1. The van der Waals surface area contributed by atoms with Crippen molar-refractivity contribution in [1.82, 2.24) is 0 Å². The van der Waals surface area contributed by atoms with Crippen LogP contribution in [0.25, 0.3) is 0 Å². The maximum absolute atomic E-state index is 12.6. The number of anilines is 1. The van der Waals surface area contributed by atoms with E-state index in [1.165, 1.54) is 5.56 Å². The highest BCUT2D eigenvalue weighted by Crippen LogP contribution is 2.30. The Morgan fingerprint density at radius 2 is 2.00 bits per heavy atom. The fourth-order valence-electron chi connectivity index (χ4n) is 2.58. The zero-order valence-electron chi connectivity index (χ0n) is 10.8. The first-order chi connectivity index (χ1) is 9.66. The maximum Gasteiger partial charge on any atom is 0.262 e. The summed E-state index contributed by atoms with van der Waals surface area (Å²) in [6.07, 6.45) is 1.94. The minimum Gasteiger partial charge on any atom is -0.507 e. The number of fused-ring (bicyclic) bond motifs is 1. The van der Waals surface area contributed by atoms with E-state index < -0.39 is 0 Å². The first-order valence-electron chi connectivity index (χ1n) is 6.55. The van der Waals surface area contributed by atoms with Gasteiger partial charge in [-0.25, -0.2) is 0 Å². The Labute approximate surface area is 126 Å². The predicted octanol–water partition coefficient (Wildman–Crippen LogP) is 3.75. The van der Waals surface area contributed by atoms with Crippen molar-refractivity contribution in [2.45, 2.75) is 12.8 Å². The second kappa shape index (κ2) is 5.29. The van der Waals surface area contributed by atoms with E-state index >= 15 is 0 Å². The summed E-state index contributed by atoms with van der Waals surface area (Å²) in [7, 11) is 0. The number of carbonyl (C=O) groups is 1. The predicted molar refractivity (Wildman–Crippen MR) is 82.2 cm³/mol. The zero-order valence-corrected chi connectivity index (χ0v) is 12.4. The van der Waals surface area contributed by atoms with Crippen molar-refractivity contribution in [1.29, 1.82) is 0 Å². The first kappa shape index (κ1) is 13.2. The number of rotatable bonds is 1. The molecule has 0 unspecified atom stereocenters. The second-order valence-electron chi connectivity index (χ2n) is 4.85. The summed E-state index contributed by atoms with van der Waals surface area (Å²) in [4.78, 5) is 14.4. The number of carbonyl (C=O) groups excluding carboxylic acids is 1. The largest absolute Gasteiger partial charge is 0.507 e. The number of para-hydroxylation sites is 1. The third-order valence-corrected chi connectivity index (χ3v) is 4.04. The molecule has 1 aliphatic heterocycles. The summed E-state index contributed by atoms with van der Waals surface area (Å²) in [5.41, 5.74) is 2.47. The zero-order chi connectivity index (χ0) is 14.1. The van der Waals surface area contributed by atoms with Gasteiger partial charge in [0, 0.05) is 16.7 Å². The number of amides is 1. The topological polar surface area (TPSA) is 40.5 Å². The van der Waals surface area contributed by atoms with E-state index in [0.717, 1.165) is 23.0 Å². The highest BCUT2D eigenvalue weighted by molar-refractivity contribution is 9.10. The average Bonchev–Trinajstić information content (AvgIpc) is 2.46. The van der Waals surface area contributed by atoms with E-state index in [-0.39, 0.29) is 11.7 Å².